The fourth-order valence-corrected chi connectivity index (χ4v) is 7.82. The maximum atomic E-state index is 13.9. The predicted octanol–water partition coefficient (Wildman–Crippen LogP) is 6.59. The number of benzene rings is 2. The van der Waals surface area contributed by atoms with Gasteiger partial charge >= 0.3 is 0 Å². The molecule has 0 radical (unpaired) electrons. The van der Waals surface area contributed by atoms with E-state index < -0.39 is 0 Å². The highest BCUT2D eigenvalue weighted by Crippen LogP contribution is 2.44. The highest BCUT2D eigenvalue weighted by atomic mass is 32.2. The number of hydrogen-bond acceptors (Lipinski definition) is 3. The van der Waals surface area contributed by atoms with Crippen LogP contribution < -0.4 is 5.32 Å². The lowest BCUT2D eigenvalue weighted by atomic mass is 9.77. The van der Waals surface area contributed by atoms with Gasteiger partial charge in [0.25, 0.3) is 5.91 Å². The van der Waals surface area contributed by atoms with E-state index in [1.165, 1.54) is 18.4 Å². The van der Waals surface area contributed by atoms with Gasteiger partial charge in [-0.2, -0.15) is 0 Å². The Kier molecular flexibility index (Phi) is 8.09. The SMILES string of the molecule is Cc1cccc(CN2C(=O)/C(=C/c3ccccc3)SC3CCC(C(=O)NC4CCCC(C)C4C)CC32)c1. The average Bonchev–Trinajstić information content (AvgIpc) is 2.89. The molecule has 4 nitrogen and oxygen atoms in total. The smallest absolute Gasteiger partial charge is 0.260 e. The van der Waals surface area contributed by atoms with Crippen LogP contribution in [0.15, 0.2) is 59.5 Å². The number of amides is 2. The largest absolute Gasteiger partial charge is 0.353 e. The van der Waals surface area contributed by atoms with Crippen LogP contribution in [0.4, 0.5) is 0 Å². The Morgan fingerprint density at radius 3 is 2.65 bits per heavy atom. The van der Waals surface area contributed by atoms with Crippen LogP contribution in [-0.4, -0.2) is 34.0 Å². The summed E-state index contributed by atoms with van der Waals surface area (Å²) < 4.78 is 0. The molecule has 1 N–H and O–H groups in total. The fourth-order valence-electron chi connectivity index (χ4n) is 6.41. The summed E-state index contributed by atoms with van der Waals surface area (Å²) in [5.74, 6) is 1.43. The Bertz CT molecular complexity index is 1150. The number of nitrogens with zero attached hydrogens (tertiary/aromatic N) is 1. The number of carbonyl (C=O) groups excluding carboxylic acids is 2. The normalized spacial score (nSPS) is 31.2. The van der Waals surface area contributed by atoms with Crippen LogP contribution in [0.1, 0.15) is 69.1 Å². The Morgan fingerprint density at radius 1 is 1.05 bits per heavy atom. The molecular weight excluding hydrogens is 476 g/mol. The molecule has 37 heavy (non-hydrogen) atoms. The van der Waals surface area contributed by atoms with E-state index >= 15 is 0 Å². The first-order valence-electron chi connectivity index (χ1n) is 14.0. The van der Waals surface area contributed by atoms with Crippen LogP contribution >= 0.6 is 11.8 Å². The molecule has 5 heteroatoms. The monoisotopic (exact) mass is 516 g/mol. The van der Waals surface area contributed by atoms with Gasteiger partial charge in [0.15, 0.2) is 0 Å². The summed E-state index contributed by atoms with van der Waals surface area (Å²) >= 11 is 1.72. The van der Waals surface area contributed by atoms with Crippen LogP contribution in [0.25, 0.3) is 6.08 Å². The van der Waals surface area contributed by atoms with Crippen molar-refractivity contribution in [3.63, 3.8) is 0 Å². The standard InChI is InChI=1S/C32H40N2O2S/c1-21-9-7-13-25(17-21)20-34-28-19-26(31(35)33-27-14-8-10-22(2)23(27)3)15-16-29(28)37-30(32(34)36)18-24-11-5-4-6-12-24/h4-7,9,11-13,17-18,22-23,26-29H,8,10,14-16,19-20H2,1-3H3,(H,33,35)/b30-18-. The highest BCUT2D eigenvalue weighted by Gasteiger charge is 2.44. The van der Waals surface area contributed by atoms with Crippen molar-refractivity contribution in [2.45, 2.75) is 83.2 Å². The van der Waals surface area contributed by atoms with Crippen molar-refractivity contribution in [1.29, 1.82) is 0 Å². The number of carbonyl (C=O) groups is 2. The van der Waals surface area contributed by atoms with E-state index in [2.05, 4.69) is 55.3 Å². The van der Waals surface area contributed by atoms with Gasteiger partial charge in [-0.15, -0.1) is 11.8 Å². The summed E-state index contributed by atoms with van der Waals surface area (Å²) in [4.78, 5) is 30.2. The van der Waals surface area contributed by atoms with Gasteiger partial charge in [-0.25, -0.2) is 0 Å². The summed E-state index contributed by atoms with van der Waals surface area (Å²) in [6.07, 6.45) is 8.16. The third kappa shape index (κ3) is 5.98. The third-order valence-corrected chi connectivity index (χ3v) is 10.2. The van der Waals surface area contributed by atoms with E-state index in [-0.39, 0.29) is 29.8 Å². The van der Waals surface area contributed by atoms with E-state index in [1.54, 1.807) is 11.8 Å². The Morgan fingerprint density at radius 2 is 1.86 bits per heavy atom. The van der Waals surface area contributed by atoms with E-state index in [1.807, 2.05) is 36.4 Å². The second-order valence-electron chi connectivity index (χ2n) is 11.5. The predicted molar refractivity (Wildman–Crippen MR) is 153 cm³/mol. The van der Waals surface area contributed by atoms with E-state index in [0.29, 0.717) is 23.6 Å². The molecule has 5 rings (SSSR count). The summed E-state index contributed by atoms with van der Waals surface area (Å²) in [5.41, 5.74) is 3.40. The van der Waals surface area contributed by atoms with Gasteiger partial charge in [-0.05, 0) is 61.6 Å². The quantitative estimate of drug-likeness (QED) is 0.456. The third-order valence-electron chi connectivity index (χ3n) is 8.84. The number of nitrogens with one attached hydrogen (secondary N) is 1. The van der Waals surface area contributed by atoms with Crippen LogP contribution in [-0.2, 0) is 16.1 Å². The molecule has 1 saturated heterocycles. The first kappa shape index (κ1) is 26.1. The Balaban J connectivity index is 1.36. The summed E-state index contributed by atoms with van der Waals surface area (Å²) in [7, 11) is 0. The number of aryl methyl sites for hydroxylation is 1. The average molecular weight is 517 g/mol. The lowest BCUT2D eigenvalue weighted by Gasteiger charge is -2.46. The van der Waals surface area contributed by atoms with Gasteiger partial charge in [0, 0.05) is 29.8 Å². The van der Waals surface area contributed by atoms with Crippen LogP contribution in [0.2, 0.25) is 0 Å². The Hall–Kier alpha value is -2.53. The van der Waals surface area contributed by atoms with Gasteiger partial charge < -0.3 is 10.2 Å². The van der Waals surface area contributed by atoms with Gasteiger partial charge in [-0.1, -0.05) is 86.8 Å². The zero-order valence-corrected chi connectivity index (χ0v) is 23.2. The maximum Gasteiger partial charge on any atom is 0.260 e. The molecule has 3 aliphatic rings. The van der Waals surface area contributed by atoms with Crippen molar-refractivity contribution in [3.8, 4) is 0 Å². The zero-order chi connectivity index (χ0) is 25.9. The Labute approximate surface area is 226 Å². The topological polar surface area (TPSA) is 49.4 Å². The first-order valence-corrected chi connectivity index (χ1v) is 14.9. The molecule has 2 aliphatic carbocycles. The summed E-state index contributed by atoms with van der Waals surface area (Å²) in [6, 6.07) is 18.9. The molecule has 196 valence electrons. The molecule has 6 atom stereocenters. The van der Waals surface area contributed by atoms with Crippen molar-refractivity contribution in [1.82, 2.24) is 10.2 Å². The van der Waals surface area contributed by atoms with E-state index in [0.717, 1.165) is 41.7 Å². The molecular formula is C32H40N2O2S. The first-order chi connectivity index (χ1) is 17.9. The van der Waals surface area contributed by atoms with E-state index in [4.69, 9.17) is 0 Å². The van der Waals surface area contributed by atoms with Gasteiger partial charge in [-0.3, -0.25) is 9.59 Å². The van der Waals surface area contributed by atoms with E-state index in [9.17, 15) is 9.59 Å². The molecule has 1 heterocycles. The summed E-state index contributed by atoms with van der Waals surface area (Å²) in [5, 5.41) is 3.74. The zero-order valence-electron chi connectivity index (χ0n) is 22.4. The highest BCUT2D eigenvalue weighted by molar-refractivity contribution is 8.04. The number of rotatable bonds is 5. The summed E-state index contributed by atoms with van der Waals surface area (Å²) in [6.45, 7) is 7.27. The van der Waals surface area contributed by atoms with Crippen molar-refractivity contribution in [2.24, 2.45) is 17.8 Å². The molecule has 1 aliphatic heterocycles. The molecule has 2 amide bonds. The van der Waals surface area contributed by atoms with Gasteiger partial charge in [0.05, 0.1) is 4.91 Å². The minimum absolute atomic E-state index is 0.0289. The molecule has 0 aromatic heterocycles. The van der Waals surface area contributed by atoms with Gasteiger partial charge in [0.2, 0.25) is 5.91 Å². The molecule has 0 spiro atoms. The molecule has 2 aromatic carbocycles. The molecule has 3 fully saturated rings. The van der Waals surface area contributed by atoms with Crippen LogP contribution in [0, 0.1) is 24.7 Å². The van der Waals surface area contributed by atoms with Crippen molar-refractivity contribution >= 4 is 29.7 Å². The minimum Gasteiger partial charge on any atom is -0.353 e. The van der Waals surface area contributed by atoms with Crippen LogP contribution in [0.3, 0.4) is 0 Å². The fraction of sp³-hybridized carbons (Fsp3) is 0.500. The lowest BCUT2D eigenvalue weighted by Crippen LogP contribution is -2.54. The van der Waals surface area contributed by atoms with Crippen molar-refractivity contribution in [3.05, 3.63) is 76.2 Å². The lowest BCUT2D eigenvalue weighted by molar-refractivity contribution is -0.134. The number of hydrogen-bond donors (Lipinski definition) is 1. The second kappa shape index (κ2) is 11.5. The number of thioether (sulfide) groups is 1. The molecule has 2 saturated carbocycles. The molecule has 0 bridgehead atoms. The second-order valence-corrected chi connectivity index (χ2v) is 12.7. The molecule has 6 unspecified atom stereocenters. The molecule has 2 aromatic rings. The van der Waals surface area contributed by atoms with Crippen molar-refractivity contribution in [2.75, 3.05) is 0 Å². The minimum atomic E-state index is -0.0289. The van der Waals surface area contributed by atoms with Gasteiger partial charge in [0.1, 0.15) is 0 Å². The van der Waals surface area contributed by atoms with Crippen LogP contribution in [0.5, 0.6) is 0 Å². The number of fused-ring (bicyclic) bond motifs is 1. The van der Waals surface area contributed by atoms with Crippen molar-refractivity contribution < 1.29 is 9.59 Å². The maximum absolute atomic E-state index is 13.9.